The van der Waals surface area contributed by atoms with Gasteiger partial charge >= 0.3 is 0 Å². The third-order valence-corrected chi connectivity index (χ3v) is 5.08. The summed E-state index contributed by atoms with van der Waals surface area (Å²) in [5, 5.41) is 12.4. The van der Waals surface area contributed by atoms with Crippen molar-refractivity contribution in [2.45, 2.75) is 26.4 Å². The van der Waals surface area contributed by atoms with E-state index in [1.807, 2.05) is 38.1 Å². The predicted molar refractivity (Wildman–Crippen MR) is 118 cm³/mol. The van der Waals surface area contributed by atoms with Gasteiger partial charge in [0.15, 0.2) is 17.3 Å². The van der Waals surface area contributed by atoms with Crippen LogP contribution in [0, 0.1) is 4.77 Å². The van der Waals surface area contributed by atoms with E-state index < -0.39 is 0 Å². The minimum atomic E-state index is 0.187. The second-order valence-corrected chi connectivity index (χ2v) is 7.75. The van der Waals surface area contributed by atoms with Crippen LogP contribution in [0.1, 0.15) is 36.7 Å². The number of rotatable bonds is 7. The maximum atomic E-state index is 6.05. The summed E-state index contributed by atoms with van der Waals surface area (Å²) in [7, 11) is 1.59. The fourth-order valence-electron chi connectivity index (χ4n) is 2.59. The van der Waals surface area contributed by atoms with Gasteiger partial charge in [-0.1, -0.05) is 43.1 Å². The molecule has 0 spiro atoms. The van der Waals surface area contributed by atoms with Crippen LogP contribution in [0.25, 0.3) is 0 Å². The van der Waals surface area contributed by atoms with Crippen LogP contribution in [0.4, 0.5) is 0 Å². The van der Waals surface area contributed by atoms with Gasteiger partial charge in [-0.15, -0.1) is 0 Å². The number of methoxy groups -OCH3 is 1. The second kappa shape index (κ2) is 9.43. The number of aromatic nitrogens is 3. The van der Waals surface area contributed by atoms with Crippen molar-refractivity contribution in [3.05, 3.63) is 68.2 Å². The van der Waals surface area contributed by atoms with Gasteiger partial charge in [-0.3, -0.25) is 5.10 Å². The first kappa shape index (κ1) is 21.4. The zero-order valence-electron chi connectivity index (χ0n) is 16.1. The molecule has 0 aliphatic heterocycles. The molecule has 29 heavy (non-hydrogen) atoms. The van der Waals surface area contributed by atoms with E-state index in [4.69, 9.17) is 44.9 Å². The molecule has 1 aromatic heterocycles. The number of hydrogen-bond donors (Lipinski definition) is 1. The lowest BCUT2D eigenvalue weighted by Gasteiger charge is -2.12. The fourth-order valence-corrected chi connectivity index (χ4v) is 3.09. The van der Waals surface area contributed by atoms with E-state index in [1.54, 1.807) is 30.1 Å². The molecule has 0 saturated heterocycles. The van der Waals surface area contributed by atoms with Crippen molar-refractivity contribution < 1.29 is 9.47 Å². The van der Waals surface area contributed by atoms with Crippen LogP contribution in [-0.2, 0) is 6.61 Å². The third kappa shape index (κ3) is 5.18. The number of hydrogen-bond acceptors (Lipinski definition) is 5. The summed E-state index contributed by atoms with van der Waals surface area (Å²) in [4.78, 5) is 0. The van der Waals surface area contributed by atoms with Gasteiger partial charge in [0.1, 0.15) is 6.61 Å². The molecule has 0 bridgehead atoms. The van der Waals surface area contributed by atoms with Crippen LogP contribution in [0.2, 0.25) is 10.0 Å². The monoisotopic (exact) mass is 450 g/mol. The second-order valence-electron chi connectivity index (χ2n) is 6.55. The van der Waals surface area contributed by atoms with Gasteiger partial charge in [0.05, 0.1) is 23.4 Å². The highest BCUT2D eigenvalue weighted by Crippen LogP contribution is 2.29. The van der Waals surface area contributed by atoms with Crippen molar-refractivity contribution in [1.82, 2.24) is 14.9 Å². The Balaban J connectivity index is 1.77. The molecule has 0 fully saturated rings. The predicted octanol–water partition coefficient (Wildman–Crippen LogP) is 5.84. The van der Waals surface area contributed by atoms with Crippen LogP contribution >= 0.6 is 35.4 Å². The summed E-state index contributed by atoms with van der Waals surface area (Å²) >= 11 is 17.2. The molecule has 1 N–H and O–H groups in total. The number of H-pyrrole nitrogens is 1. The molecule has 0 atom stereocenters. The average molecular weight is 451 g/mol. The molecule has 0 unspecified atom stereocenters. The third-order valence-electron chi connectivity index (χ3n) is 4.08. The SMILES string of the molecule is COc1cc(/C=N\n2c(C(C)C)n[nH]c2=S)ccc1OCc1ccc(Cl)c(Cl)c1. The summed E-state index contributed by atoms with van der Waals surface area (Å²) in [5.74, 6) is 2.15. The molecule has 0 saturated carbocycles. The van der Waals surface area contributed by atoms with Crippen molar-refractivity contribution in [2.75, 3.05) is 7.11 Å². The van der Waals surface area contributed by atoms with Crippen molar-refractivity contribution in [3.8, 4) is 11.5 Å². The number of aromatic amines is 1. The molecule has 2 aromatic carbocycles. The van der Waals surface area contributed by atoms with Gasteiger partial charge in [-0.25, -0.2) is 0 Å². The Morgan fingerprint density at radius 2 is 1.97 bits per heavy atom. The minimum Gasteiger partial charge on any atom is -0.493 e. The van der Waals surface area contributed by atoms with Crippen LogP contribution in [0.5, 0.6) is 11.5 Å². The molecular formula is C20H20Cl2N4O2S. The van der Waals surface area contributed by atoms with Crippen LogP contribution in [0.15, 0.2) is 41.5 Å². The lowest BCUT2D eigenvalue weighted by atomic mass is 10.2. The summed E-state index contributed by atoms with van der Waals surface area (Å²) in [6.45, 7) is 4.39. The molecule has 3 rings (SSSR count). The van der Waals surface area contributed by atoms with Gasteiger partial charge < -0.3 is 9.47 Å². The Kier molecular flexibility index (Phi) is 6.95. The Bertz CT molecular complexity index is 1090. The smallest absolute Gasteiger partial charge is 0.216 e. The summed E-state index contributed by atoms with van der Waals surface area (Å²) in [6, 6.07) is 10.9. The van der Waals surface area contributed by atoms with E-state index in [2.05, 4.69) is 15.3 Å². The zero-order chi connectivity index (χ0) is 21.0. The van der Waals surface area contributed by atoms with Gasteiger partial charge in [0.25, 0.3) is 0 Å². The van der Waals surface area contributed by atoms with Crippen LogP contribution < -0.4 is 9.47 Å². The molecule has 9 heteroatoms. The van der Waals surface area contributed by atoms with Crippen LogP contribution in [-0.4, -0.2) is 28.2 Å². The summed E-state index contributed by atoms with van der Waals surface area (Å²) in [5.41, 5.74) is 1.74. The van der Waals surface area contributed by atoms with E-state index in [1.165, 1.54) is 0 Å². The average Bonchev–Trinajstić information content (AvgIpc) is 3.08. The molecule has 0 amide bonds. The highest BCUT2D eigenvalue weighted by molar-refractivity contribution is 7.71. The van der Waals surface area contributed by atoms with E-state index in [9.17, 15) is 0 Å². The van der Waals surface area contributed by atoms with E-state index in [0.29, 0.717) is 32.9 Å². The molecule has 0 aliphatic rings. The summed E-state index contributed by atoms with van der Waals surface area (Å²) < 4.78 is 13.4. The molecular weight excluding hydrogens is 431 g/mol. The molecule has 1 heterocycles. The van der Waals surface area contributed by atoms with E-state index >= 15 is 0 Å². The van der Waals surface area contributed by atoms with Gasteiger partial charge in [0.2, 0.25) is 4.77 Å². The lowest BCUT2D eigenvalue weighted by molar-refractivity contribution is 0.284. The first-order chi connectivity index (χ1) is 13.9. The Labute approximate surface area is 184 Å². The Morgan fingerprint density at radius 1 is 1.17 bits per heavy atom. The van der Waals surface area contributed by atoms with Gasteiger partial charge in [-0.05, 0) is 53.7 Å². The number of ether oxygens (including phenoxy) is 2. The maximum Gasteiger partial charge on any atom is 0.216 e. The molecule has 0 aliphatic carbocycles. The number of nitrogens with zero attached hydrogens (tertiary/aromatic N) is 3. The van der Waals surface area contributed by atoms with Crippen molar-refractivity contribution in [2.24, 2.45) is 5.10 Å². The lowest BCUT2D eigenvalue weighted by Crippen LogP contribution is -2.01. The number of halogens is 2. The Morgan fingerprint density at radius 3 is 2.66 bits per heavy atom. The molecule has 152 valence electrons. The normalized spacial score (nSPS) is 11.4. The molecule has 6 nitrogen and oxygen atoms in total. The topological polar surface area (TPSA) is 64.4 Å². The molecule has 3 aromatic rings. The highest BCUT2D eigenvalue weighted by atomic mass is 35.5. The van der Waals surface area contributed by atoms with Gasteiger partial charge in [-0.2, -0.15) is 14.9 Å². The first-order valence-electron chi connectivity index (χ1n) is 8.85. The Hall–Kier alpha value is -2.35. The van der Waals surface area contributed by atoms with Crippen molar-refractivity contribution in [3.63, 3.8) is 0 Å². The maximum absolute atomic E-state index is 6.05. The largest absolute Gasteiger partial charge is 0.493 e. The van der Waals surface area contributed by atoms with Crippen molar-refractivity contribution >= 4 is 41.6 Å². The van der Waals surface area contributed by atoms with E-state index in [0.717, 1.165) is 17.0 Å². The highest BCUT2D eigenvalue weighted by Gasteiger charge is 2.10. The van der Waals surface area contributed by atoms with E-state index in [-0.39, 0.29) is 5.92 Å². The summed E-state index contributed by atoms with van der Waals surface area (Å²) in [6.07, 6.45) is 1.70. The van der Waals surface area contributed by atoms with Crippen molar-refractivity contribution in [1.29, 1.82) is 0 Å². The standard InChI is InChI=1S/C20H20Cl2N4O2S/c1-12(2)19-24-25-20(29)26(19)23-10-13-5-7-17(18(9-13)27-3)28-11-14-4-6-15(21)16(22)8-14/h4-10,12H,11H2,1-3H3,(H,25,29)/b23-10-. The van der Waals surface area contributed by atoms with Gasteiger partial charge in [0, 0.05) is 5.92 Å². The quantitative estimate of drug-likeness (QED) is 0.362. The fraction of sp³-hybridized carbons (Fsp3) is 0.250. The number of nitrogens with one attached hydrogen (secondary N) is 1. The number of benzene rings is 2. The zero-order valence-corrected chi connectivity index (χ0v) is 18.5. The minimum absolute atomic E-state index is 0.187. The molecule has 0 radical (unpaired) electrons. The van der Waals surface area contributed by atoms with Crippen LogP contribution in [0.3, 0.4) is 0 Å². The first-order valence-corrected chi connectivity index (χ1v) is 10.0.